The molecule has 2 amide bonds. The van der Waals surface area contributed by atoms with Gasteiger partial charge in [-0.2, -0.15) is 5.10 Å². The first-order valence-corrected chi connectivity index (χ1v) is 18.9. The van der Waals surface area contributed by atoms with Crippen LogP contribution in [0.1, 0.15) is 95.7 Å². The summed E-state index contributed by atoms with van der Waals surface area (Å²) in [5.74, 6) is 2.34. The molecular formula is C39H53F2N7O4. The molecule has 11 nitrogen and oxygen atoms in total. The van der Waals surface area contributed by atoms with E-state index >= 15 is 0 Å². The summed E-state index contributed by atoms with van der Waals surface area (Å²) >= 11 is 0. The van der Waals surface area contributed by atoms with E-state index in [9.17, 15) is 18.4 Å². The van der Waals surface area contributed by atoms with Gasteiger partial charge in [0.1, 0.15) is 5.60 Å². The Balaban J connectivity index is 1.10. The number of anilines is 2. The predicted octanol–water partition coefficient (Wildman–Crippen LogP) is 7.24. The molecule has 2 saturated heterocycles. The smallest absolute Gasteiger partial charge is 0.410 e. The van der Waals surface area contributed by atoms with Crippen LogP contribution in [-0.2, 0) is 28.9 Å². The number of benzene rings is 1. The SMILES string of the molecule is CC(=O)N1CCc2c(c(N3CCCc4cc(-c5cnco5)c(C(F)F)cc43)nn2C2CCN(CC3C(C)CN(C(=O)OC(C)(C)C)CC3C)CC2)C1. The van der Waals surface area contributed by atoms with Crippen molar-refractivity contribution < 1.29 is 27.5 Å². The normalized spacial score (nSPS) is 23.2. The number of carbonyl (C=O) groups excluding carboxylic acids is 2. The van der Waals surface area contributed by atoms with E-state index in [1.807, 2.05) is 36.6 Å². The van der Waals surface area contributed by atoms with Crippen LogP contribution in [-0.4, -0.2) is 92.9 Å². The molecule has 13 heteroatoms. The number of alkyl halides is 2. The number of piperidine rings is 2. The first-order chi connectivity index (χ1) is 24.8. The van der Waals surface area contributed by atoms with Crippen molar-refractivity contribution >= 4 is 23.5 Å². The maximum atomic E-state index is 14.5. The standard InChI is InChI=1S/C39H53F2N7O4/c1-24-19-46(38(50)52-39(4,5)6)20-25(2)31(24)21-44-13-9-28(10-14-44)48-33-11-15-45(26(3)49)22-32(33)37(43-48)47-12-7-8-27-16-29(35-18-42-23-51-35)30(36(40)41)17-34(27)47/h16-18,23-25,28,31,36H,7-15,19-22H2,1-6H3. The molecule has 0 bridgehead atoms. The fraction of sp³-hybridized carbons (Fsp3) is 0.641. The summed E-state index contributed by atoms with van der Waals surface area (Å²) in [4.78, 5) is 37.8. The minimum atomic E-state index is -2.69. The van der Waals surface area contributed by atoms with E-state index in [0.717, 1.165) is 73.6 Å². The number of likely N-dealkylation sites (tertiary alicyclic amines) is 2. The van der Waals surface area contributed by atoms with Crippen LogP contribution in [0.4, 0.5) is 25.1 Å². The van der Waals surface area contributed by atoms with Crippen LogP contribution in [0.5, 0.6) is 0 Å². The molecule has 2 atom stereocenters. The van der Waals surface area contributed by atoms with Crippen LogP contribution >= 0.6 is 0 Å². The van der Waals surface area contributed by atoms with Gasteiger partial charge in [0.15, 0.2) is 18.0 Å². The van der Waals surface area contributed by atoms with Crippen molar-refractivity contribution in [2.75, 3.05) is 50.7 Å². The average molecular weight is 722 g/mol. The Morgan fingerprint density at radius 2 is 1.75 bits per heavy atom. The highest BCUT2D eigenvalue weighted by molar-refractivity contribution is 5.77. The molecular weight excluding hydrogens is 668 g/mol. The molecule has 282 valence electrons. The van der Waals surface area contributed by atoms with Gasteiger partial charge in [-0.15, -0.1) is 0 Å². The van der Waals surface area contributed by atoms with E-state index in [1.54, 1.807) is 13.0 Å². The molecule has 7 rings (SSSR count). The summed E-state index contributed by atoms with van der Waals surface area (Å²) < 4.78 is 42.4. The number of ether oxygens (including phenoxy) is 1. The second-order valence-electron chi connectivity index (χ2n) is 16.4. The summed E-state index contributed by atoms with van der Waals surface area (Å²) in [6, 6.07) is 3.64. The second-order valence-corrected chi connectivity index (χ2v) is 16.4. The number of aryl methyl sites for hydroxylation is 1. The van der Waals surface area contributed by atoms with Crippen molar-refractivity contribution in [1.29, 1.82) is 0 Å². The van der Waals surface area contributed by atoms with Gasteiger partial charge in [-0.1, -0.05) is 13.8 Å². The zero-order chi connectivity index (χ0) is 36.9. The van der Waals surface area contributed by atoms with Crippen molar-refractivity contribution in [2.45, 2.75) is 98.3 Å². The Kier molecular flexibility index (Phi) is 10.1. The predicted molar refractivity (Wildman–Crippen MR) is 194 cm³/mol. The van der Waals surface area contributed by atoms with Gasteiger partial charge in [0.25, 0.3) is 6.43 Å². The molecule has 0 saturated carbocycles. The van der Waals surface area contributed by atoms with E-state index < -0.39 is 12.0 Å². The number of hydrogen-bond donors (Lipinski definition) is 0. The Labute approximate surface area is 305 Å². The van der Waals surface area contributed by atoms with Crippen molar-refractivity contribution in [3.8, 4) is 11.3 Å². The average Bonchev–Trinajstić information content (AvgIpc) is 3.77. The van der Waals surface area contributed by atoms with Crippen molar-refractivity contribution in [2.24, 2.45) is 17.8 Å². The molecule has 2 fully saturated rings. The maximum Gasteiger partial charge on any atom is 0.410 e. The molecule has 0 N–H and O–H groups in total. The zero-order valence-electron chi connectivity index (χ0n) is 31.4. The Hall–Kier alpha value is -4.00. The zero-order valence-corrected chi connectivity index (χ0v) is 31.4. The highest BCUT2D eigenvalue weighted by Crippen LogP contribution is 2.44. The number of oxazole rings is 1. The van der Waals surface area contributed by atoms with Crippen LogP contribution in [0.15, 0.2) is 29.1 Å². The minimum absolute atomic E-state index is 0.0220. The number of hydrogen-bond acceptors (Lipinski definition) is 8. The fourth-order valence-corrected chi connectivity index (χ4v) is 8.91. The van der Waals surface area contributed by atoms with E-state index in [-0.39, 0.29) is 23.6 Å². The van der Waals surface area contributed by atoms with E-state index in [4.69, 9.17) is 14.3 Å². The number of fused-ring (bicyclic) bond motifs is 2. The highest BCUT2D eigenvalue weighted by Gasteiger charge is 2.39. The highest BCUT2D eigenvalue weighted by atomic mass is 19.3. The van der Waals surface area contributed by atoms with Crippen LogP contribution in [0.2, 0.25) is 0 Å². The number of aromatic nitrogens is 3. The van der Waals surface area contributed by atoms with Crippen molar-refractivity contribution in [3.63, 3.8) is 0 Å². The summed E-state index contributed by atoms with van der Waals surface area (Å²) in [5, 5.41) is 5.31. The Bertz CT molecular complexity index is 1750. The first kappa shape index (κ1) is 36.4. The van der Waals surface area contributed by atoms with Crippen LogP contribution in [0.25, 0.3) is 11.3 Å². The number of amides is 2. The Morgan fingerprint density at radius 1 is 1.02 bits per heavy atom. The van der Waals surface area contributed by atoms with E-state index in [0.29, 0.717) is 68.2 Å². The molecule has 6 heterocycles. The largest absolute Gasteiger partial charge is 0.444 e. The summed E-state index contributed by atoms with van der Waals surface area (Å²) in [6.45, 7) is 17.9. The third kappa shape index (κ3) is 7.30. The molecule has 2 unspecified atom stereocenters. The second kappa shape index (κ2) is 14.4. The fourth-order valence-electron chi connectivity index (χ4n) is 8.91. The lowest BCUT2D eigenvalue weighted by Crippen LogP contribution is -2.52. The van der Waals surface area contributed by atoms with Gasteiger partial charge >= 0.3 is 6.09 Å². The molecule has 4 aliphatic heterocycles. The number of rotatable bonds is 6. The lowest BCUT2D eigenvalue weighted by molar-refractivity contribution is -0.129. The van der Waals surface area contributed by atoms with Gasteiger partial charge in [0, 0.05) is 87.2 Å². The van der Waals surface area contributed by atoms with E-state index in [2.05, 4.69) is 33.3 Å². The summed E-state index contributed by atoms with van der Waals surface area (Å²) in [5.41, 5.74) is 3.66. The molecule has 4 aliphatic rings. The van der Waals surface area contributed by atoms with Crippen LogP contribution < -0.4 is 4.90 Å². The van der Waals surface area contributed by atoms with Gasteiger partial charge < -0.3 is 28.8 Å². The molecule has 1 aromatic carbocycles. The van der Waals surface area contributed by atoms with Crippen LogP contribution in [0.3, 0.4) is 0 Å². The monoisotopic (exact) mass is 721 g/mol. The summed E-state index contributed by atoms with van der Waals surface area (Å²) in [6.07, 6.45) is 4.05. The summed E-state index contributed by atoms with van der Waals surface area (Å²) in [7, 11) is 0. The quantitative estimate of drug-likeness (QED) is 0.263. The minimum Gasteiger partial charge on any atom is -0.444 e. The maximum absolute atomic E-state index is 14.5. The molecule has 52 heavy (non-hydrogen) atoms. The molecule has 3 aromatic rings. The van der Waals surface area contributed by atoms with Gasteiger partial charge in [0.2, 0.25) is 5.91 Å². The molecule has 2 aromatic heterocycles. The van der Waals surface area contributed by atoms with Crippen molar-refractivity contribution in [3.05, 3.63) is 47.1 Å². The van der Waals surface area contributed by atoms with Gasteiger partial charge in [-0.25, -0.2) is 18.6 Å². The Morgan fingerprint density at radius 3 is 2.38 bits per heavy atom. The molecule has 0 radical (unpaired) electrons. The number of halogens is 2. The van der Waals surface area contributed by atoms with Crippen LogP contribution in [0, 0.1) is 17.8 Å². The third-order valence-electron chi connectivity index (χ3n) is 11.6. The topological polar surface area (TPSA) is 100 Å². The van der Waals surface area contributed by atoms with Gasteiger partial charge in [-0.3, -0.25) is 9.48 Å². The molecule has 0 aliphatic carbocycles. The lowest BCUT2D eigenvalue weighted by atomic mass is 9.79. The van der Waals surface area contributed by atoms with Gasteiger partial charge in [-0.05, 0) is 81.9 Å². The number of carbonyl (C=O) groups is 2. The van der Waals surface area contributed by atoms with Crippen molar-refractivity contribution in [1.82, 2.24) is 29.5 Å². The molecule has 0 spiro atoms. The van der Waals surface area contributed by atoms with Gasteiger partial charge in [0.05, 0.1) is 18.8 Å². The van der Waals surface area contributed by atoms with E-state index in [1.165, 1.54) is 12.6 Å². The first-order valence-electron chi connectivity index (χ1n) is 18.9. The number of nitrogens with zero attached hydrogens (tertiary/aromatic N) is 7. The third-order valence-corrected chi connectivity index (χ3v) is 11.6. The lowest BCUT2D eigenvalue weighted by Gasteiger charge is -2.44.